The molecule has 0 radical (unpaired) electrons. The maximum Gasteiger partial charge on any atom is 0.141 e. The molecule has 1 atom stereocenters. The normalized spacial score (nSPS) is 12.8. The number of pyridine rings is 1. The first-order chi connectivity index (χ1) is 6.22. The summed E-state index contributed by atoms with van der Waals surface area (Å²) in [4.78, 5) is 3.99. The second-order valence-corrected chi connectivity index (χ2v) is 3.13. The molecule has 1 aromatic heterocycles. The molecule has 0 fully saturated rings. The summed E-state index contributed by atoms with van der Waals surface area (Å²) in [6.45, 7) is 5.10. The molecule has 0 aromatic carbocycles. The van der Waals surface area contributed by atoms with E-state index < -0.39 is 0 Å². The summed E-state index contributed by atoms with van der Waals surface area (Å²) in [6.07, 6.45) is 2.10. The molecule has 0 bridgehead atoms. The number of nitrogens with zero attached hydrogens (tertiary/aromatic N) is 1. The Morgan fingerprint density at radius 2 is 2.31 bits per heavy atom. The van der Waals surface area contributed by atoms with E-state index in [-0.39, 0.29) is 5.82 Å². The zero-order valence-corrected chi connectivity index (χ0v) is 8.05. The third-order valence-electron chi connectivity index (χ3n) is 1.86. The topological polar surface area (TPSA) is 24.9 Å². The molecule has 0 aliphatic heterocycles. The molecule has 0 aliphatic carbocycles. The number of likely N-dealkylation sites (N-methyl/N-ethyl adjacent to an activating group) is 1. The van der Waals surface area contributed by atoms with E-state index in [1.165, 1.54) is 12.3 Å². The van der Waals surface area contributed by atoms with Crippen LogP contribution in [-0.4, -0.2) is 17.6 Å². The largest absolute Gasteiger partial charge is 0.314 e. The lowest BCUT2D eigenvalue weighted by atomic mass is 10.1. The van der Waals surface area contributed by atoms with E-state index >= 15 is 0 Å². The van der Waals surface area contributed by atoms with Crippen molar-refractivity contribution < 1.29 is 4.39 Å². The van der Waals surface area contributed by atoms with Crippen molar-refractivity contribution in [1.29, 1.82) is 0 Å². The summed E-state index contributed by atoms with van der Waals surface area (Å²) in [7, 11) is 0. The van der Waals surface area contributed by atoms with Crippen LogP contribution in [0.4, 0.5) is 4.39 Å². The molecule has 1 aromatic rings. The molecule has 0 amide bonds. The van der Waals surface area contributed by atoms with Crippen molar-refractivity contribution in [2.45, 2.75) is 26.3 Å². The van der Waals surface area contributed by atoms with Crippen LogP contribution in [-0.2, 0) is 6.42 Å². The van der Waals surface area contributed by atoms with E-state index in [9.17, 15) is 4.39 Å². The second kappa shape index (κ2) is 4.92. The molecule has 1 heterocycles. The number of nitrogens with one attached hydrogen (secondary N) is 1. The molecule has 2 nitrogen and oxygen atoms in total. The van der Waals surface area contributed by atoms with Gasteiger partial charge in [0.25, 0.3) is 0 Å². The standard InChI is InChI=1S/C10H15FN2/c1-3-12-8(2)6-10-5-4-9(11)7-13-10/h4-5,7-8,12H,3,6H2,1-2H3. The average Bonchev–Trinajstić information content (AvgIpc) is 2.09. The summed E-state index contributed by atoms with van der Waals surface area (Å²) in [5.41, 5.74) is 0.926. The summed E-state index contributed by atoms with van der Waals surface area (Å²) < 4.78 is 12.5. The van der Waals surface area contributed by atoms with E-state index in [1.54, 1.807) is 6.07 Å². The van der Waals surface area contributed by atoms with Gasteiger partial charge in [0.15, 0.2) is 0 Å². The smallest absolute Gasteiger partial charge is 0.141 e. The fraction of sp³-hybridized carbons (Fsp3) is 0.500. The number of hydrogen-bond acceptors (Lipinski definition) is 2. The van der Waals surface area contributed by atoms with Gasteiger partial charge < -0.3 is 5.32 Å². The third-order valence-corrected chi connectivity index (χ3v) is 1.86. The zero-order valence-electron chi connectivity index (χ0n) is 8.05. The number of rotatable bonds is 4. The Kier molecular flexibility index (Phi) is 3.83. The van der Waals surface area contributed by atoms with E-state index in [2.05, 4.69) is 24.1 Å². The van der Waals surface area contributed by atoms with Crippen molar-refractivity contribution in [2.24, 2.45) is 0 Å². The van der Waals surface area contributed by atoms with Crippen molar-refractivity contribution in [3.05, 3.63) is 29.8 Å². The highest BCUT2D eigenvalue weighted by atomic mass is 19.1. The first kappa shape index (κ1) is 10.1. The Hall–Kier alpha value is -0.960. The van der Waals surface area contributed by atoms with E-state index in [1.807, 2.05) is 0 Å². The van der Waals surface area contributed by atoms with Crippen molar-refractivity contribution in [2.75, 3.05) is 6.54 Å². The van der Waals surface area contributed by atoms with Crippen LogP contribution in [0, 0.1) is 5.82 Å². The maximum absolute atomic E-state index is 12.5. The maximum atomic E-state index is 12.5. The van der Waals surface area contributed by atoms with Crippen molar-refractivity contribution in [3.63, 3.8) is 0 Å². The van der Waals surface area contributed by atoms with Gasteiger partial charge in [0, 0.05) is 18.2 Å². The molecule has 3 heteroatoms. The third kappa shape index (κ3) is 3.51. The summed E-state index contributed by atoms with van der Waals surface area (Å²) in [5, 5.41) is 3.27. The van der Waals surface area contributed by atoms with Gasteiger partial charge in [-0.1, -0.05) is 6.92 Å². The van der Waals surface area contributed by atoms with Crippen molar-refractivity contribution >= 4 is 0 Å². The van der Waals surface area contributed by atoms with Gasteiger partial charge in [-0.25, -0.2) is 4.39 Å². The van der Waals surface area contributed by atoms with Crippen LogP contribution >= 0.6 is 0 Å². The Morgan fingerprint density at radius 3 is 2.85 bits per heavy atom. The lowest BCUT2D eigenvalue weighted by molar-refractivity contribution is 0.556. The number of hydrogen-bond donors (Lipinski definition) is 1. The summed E-state index contributed by atoms with van der Waals surface area (Å²) in [6, 6.07) is 3.56. The van der Waals surface area contributed by atoms with Gasteiger partial charge in [-0.2, -0.15) is 0 Å². The minimum Gasteiger partial charge on any atom is -0.314 e. The molecule has 0 saturated carbocycles. The molecule has 0 saturated heterocycles. The van der Waals surface area contributed by atoms with Crippen molar-refractivity contribution in [1.82, 2.24) is 10.3 Å². The van der Waals surface area contributed by atoms with Gasteiger partial charge in [-0.15, -0.1) is 0 Å². The van der Waals surface area contributed by atoms with Gasteiger partial charge >= 0.3 is 0 Å². The molecule has 0 aliphatic rings. The van der Waals surface area contributed by atoms with Crippen LogP contribution in [0.1, 0.15) is 19.5 Å². The summed E-state index contributed by atoms with van der Waals surface area (Å²) in [5.74, 6) is -0.278. The molecule has 0 spiro atoms. The first-order valence-electron chi connectivity index (χ1n) is 4.56. The number of aromatic nitrogens is 1. The average molecular weight is 182 g/mol. The Morgan fingerprint density at radius 1 is 1.54 bits per heavy atom. The molecule has 1 rings (SSSR count). The van der Waals surface area contributed by atoms with E-state index in [4.69, 9.17) is 0 Å². The molecule has 13 heavy (non-hydrogen) atoms. The van der Waals surface area contributed by atoms with Crippen LogP contribution in [0.5, 0.6) is 0 Å². The Balaban J connectivity index is 2.49. The Bertz CT molecular complexity index is 246. The van der Waals surface area contributed by atoms with Crippen LogP contribution in [0.25, 0.3) is 0 Å². The quantitative estimate of drug-likeness (QED) is 0.767. The molecule has 1 N–H and O–H groups in total. The highest BCUT2D eigenvalue weighted by molar-refractivity contribution is 5.06. The fourth-order valence-electron chi connectivity index (χ4n) is 1.26. The van der Waals surface area contributed by atoms with Crippen LogP contribution in [0.3, 0.4) is 0 Å². The minimum absolute atomic E-state index is 0.278. The highest BCUT2D eigenvalue weighted by Crippen LogP contribution is 2.01. The monoisotopic (exact) mass is 182 g/mol. The highest BCUT2D eigenvalue weighted by Gasteiger charge is 2.02. The lowest BCUT2D eigenvalue weighted by Gasteiger charge is -2.10. The fourth-order valence-corrected chi connectivity index (χ4v) is 1.26. The van der Waals surface area contributed by atoms with Gasteiger partial charge in [0.1, 0.15) is 5.82 Å². The van der Waals surface area contributed by atoms with Gasteiger partial charge in [0.2, 0.25) is 0 Å². The molecular formula is C10H15FN2. The van der Waals surface area contributed by atoms with Gasteiger partial charge in [0.05, 0.1) is 6.20 Å². The number of halogens is 1. The SMILES string of the molecule is CCNC(C)Cc1ccc(F)cn1. The Labute approximate surface area is 78.2 Å². The second-order valence-electron chi connectivity index (χ2n) is 3.13. The van der Waals surface area contributed by atoms with Crippen LogP contribution in [0.15, 0.2) is 18.3 Å². The van der Waals surface area contributed by atoms with Crippen LogP contribution < -0.4 is 5.32 Å². The predicted molar refractivity (Wildman–Crippen MR) is 51.0 cm³/mol. The molecule has 72 valence electrons. The van der Waals surface area contributed by atoms with Crippen LogP contribution in [0.2, 0.25) is 0 Å². The predicted octanol–water partition coefficient (Wildman–Crippen LogP) is 1.76. The molecular weight excluding hydrogens is 167 g/mol. The lowest BCUT2D eigenvalue weighted by Crippen LogP contribution is -2.27. The minimum atomic E-state index is -0.278. The van der Waals surface area contributed by atoms with E-state index in [0.29, 0.717) is 6.04 Å². The molecule has 1 unspecified atom stereocenters. The zero-order chi connectivity index (χ0) is 9.68. The first-order valence-corrected chi connectivity index (χ1v) is 4.56. The van der Waals surface area contributed by atoms with Crippen molar-refractivity contribution in [3.8, 4) is 0 Å². The van der Waals surface area contributed by atoms with E-state index in [0.717, 1.165) is 18.7 Å². The van der Waals surface area contributed by atoms with Gasteiger partial charge in [-0.3, -0.25) is 4.98 Å². The van der Waals surface area contributed by atoms with Gasteiger partial charge in [-0.05, 0) is 25.6 Å². The summed E-state index contributed by atoms with van der Waals surface area (Å²) >= 11 is 0.